The molecule has 0 radical (unpaired) electrons. The zero-order valence-electron chi connectivity index (χ0n) is 11.2. The van der Waals surface area contributed by atoms with Crippen LogP contribution in [0.2, 0.25) is 0 Å². The second-order valence-electron chi connectivity index (χ2n) is 4.68. The number of pyridine rings is 1. The van der Waals surface area contributed by atoms with Gasteiger partial charge in [0, 0.05) is 23.3 Å². The van der Waals surface area contributed by atoms with E-state index in [-0.39, 0.29) is 11.6 Å². The van der Waals surface area contributed by atoms with E-state index in [4.69, 9.17) is 5.73 Å². The molecule has 1 unspecified atom stereocenters. The molecule has 102 valence electrons. The van der Waals surface area contributed by atoms with Crippen molar-refractivity contribution < 1.29 is 0 Å². The van der Waals surface area contributed by atoms with Gasteiger partial charge in [0.25, 0.3) is 5.56 Å². The smallest absolute Gasteiger partial charge is 0.268 e. The molecule has 0 aliphatic rings. The summed E-state index contributed by atoms with van der Waals surface area (Å²) in [5, 5.41) is 1.91. The maximum Gasteiger partial charge on any atom is 0.268 e. The fourth-order valence-electron chi connectivity index (χ4n) is 2.18. The Morgan fingerprint density at radius 1 is 1.40 bits per heavy atom. The number of hydrogen-bond acceptors (Lipinski definition) is 5. The third-order valence-corrected chi connectivity index (χ3v) is 4.06. The van der Waals surface area contributed by atoms with Gasteiger partial charge in [-0.05, 0) is 26.0 Å². The van der Waals surface area contributed by atoms with Gasteiger partial charge in [0.05, 0.1) is 17.0 Å². The van der Waals surface area contributed by atoms with Crippen LogP contribution in [0, 0.1) is 6.92 Å². The van der Waals surface area contributed by atoms with Crippen molar-refractivity contribution in [3.05, 3.63) is 51.5 Å². The summed E-state index contributed by atoms with van der Waals surface area (Å²) in [6, 6.07) is 5.14. The summed E-state index contributed by atoms with van der Waals surface area (Å²) in [7, 11) is 0. The lowest BCUT2D eigenvalue weighted by Gasteiger charge is -2.11. The molecular weight excluding hydrogens is 272 g/mol. The van der Waals surface area contributed by atoms with Crippen LogP contribution in [-0.4, -0.2) is 14.4 Å². The van der Waals surface area contributed by atoms with Crippen molar-refractivity contribution in [1.29, 1.82) is 0 Å². The fourth-order valence-corrected chi connectivity index (χ4v) is 3.04. The molecule has 3 aromatic rings. The highest BCUT2D eigenvalue weighted by atomic mass is 32.1. The van der Waals surface area contributed by atoms with Crippen molar-refractivity contribution in [2.75, 3.05) is 0 Å². The Hall–Kier alpha value is -2.05. The summed E-state index contributed by atoms with van der Waals surface area (Å²) in [5.74, 6) is 0. The number of rotatable bonds is 2. The number of aryl methyl sites for hydroxylation is 1. The Morgan fingerprint density at radius 3 is 2.85 bits per heavy atom. The molecule has 0 saturated carbocycles. The van der Waals surface area contributed by atoms with Gasteiger partial charge in [-0.3, -0.25) is 14.2 Å². The van der Waals surface area contributed by atoms with Gasteiger partial charge in [-0.25, -0.2) is 4.98 Å². The molecule has 3 heterocycles. The first-order chi connectivity index (χ1) is 9.59. The normalized spacial score (nSPS) is 12.8. The highest BCUT2D eigenvalue weighted by Crippen LogP contribution is 2.23. The average Bonchev–Trinajstić information content (AvgIpc) is 2.81. The second-order valence-corrected chi connectivity index (χ2v) is 5.51. The third kappa shape index (κ3) is 1.93. The van der Waals surface area contributed by atoms with Crippen LogP contribution in [0.25, 0.3) is 16.2 Å². The Morgan fingerprint density at radius 2 is 2.20 bits per heavy atom. The SMILES string of the molecule is Cc1csc2nc(C(C)N)c(-c3ccccn3)c(=O)n12. The van der Waals surface area contributed by atoms with E-state index in [2.05, 4.69) is 9.97 Å². The van der Waals surface area contributed by atoms with Crippen molar-refractivity contribution in [1.82, 2.24) is 14.4 Å². The zero-order chi connectivity index (χ0) is 14.3. The quantitative estimate of drug-likeness (QED) is 0.783. The molecule has 0 aromatic carbocycles. The first-order valence-electron chi connectivity index (χ1n) is 6.27. The first kappa shape index (κ1) is 13.0. The van der Waals surface area contributed by atoms with E-state index in [1.807, 2.05) is 31.4 Å². The molecule has 3 rings (SSSR count). The molecule has 0 aliphatic carbocycles. The molecule has 0 aliphatic heterocycles. The van der Waals surface area contributed by atoms with Crippen molar-refractivity contribution in [2.45, 2.75) is 19.9 Å². The van der Waals surface area contributed by atoms with E-state index in [0.717, 1.165) is 5.69 Å². The predicted molar refractivity (Wildman–Crippen MR) is 79.9 cm³/mol. The molecule has 0 bridgehead atoms. The Bertz CT molecular complexity index is 820. The maximum atomic E-state index is 12.8. The number of nitrogens with zero attached hydrogens (tertiary/aromatic N) is 3. The summed E-state index contributed by atoms with van der Waals surface area (Å²) in [5.41, 5.74) is 8.43. The van der Waals surface area contributed by atoms with Crippen LogP contribution in [0.4, 0.5) is 0 Å². The van der Waals surface area contributed by atoms with Gasteiger partial charge in [-0.1, -0.05) is 6.07 Å². The van der Waals surface area contributed by atoms with Crippen molar-refractivity contribution in [3.8, 4) is 11.3 Å². The molecule has 20 heavy (non-hydrogen) atoms. The summed E-state index contributed by atoms with van der Waals surface area (Å²) in [6.07, 6.45) is 1.66. The molecule has 6 heteroatoms. The van der Waals surface area contributed by atoms with Gasteiger partial charge in [0.1, 0.15) is 0 Å². The summed E-state index contributed by atoms with van der Waals surface area (Å²) in [6.45, 7) is 3.71. The number of hydrogen-bond donors (Lipinski definition) is 1. The van der Waals surface area contributed by atoms with E-state index in [9.17, 15) is 4.79 Å². The fraction of sp³-hybridized carbons (Fsp3) is 0.214. The van der Waals surface area contributed by atoms with Gasteiger partial charge in [0.2, 0.25) is 0 Å². The largest absolute Gasteiger partial charge is 0.323 e. The van der Waals surface area contributed by atoms with Gasteiger partial charge < -0.3 is 5.73 Å². The molecule has 0 spiro atoms. The first-order valence-corrected chi connectivity index (χ1v) is 7.15. The minimum absolute atomic E-state index is 0.111. The van der Waals surface area contributed by atoms with Gasteiger partial charge in [-0.15, -0.1) is 11.3 Å². The highest BCUT2D eigenvalue weighted by Gasteiger charge is 2.19. The molecule has 1 atom stereocenters. The molecule has 2 N–H and O–H groups in total. The minimum atomic E-state index is -0.327. The van der Waals surface area contributed by atoms with Crippen LogP contribution in [0.3, 0.4) is 0 Å². The average molecular weight is 286 g/mol. The van der Waals surface area contributed by atoms with Crippen molar-refractivity contribution in [2.24, 2.45) is 5.73 Å². The molecule has 0 saturated heterocycles. The molecule has 3 aromatic heterocycles. The van der Waals surface area contributed by atoms with E-state index in [1.54, 1.807) is 16.7 Å². The maximum absolute atomic E-state index is 12.8. The van der Waals surface area contributed by atoms with Crippen LogP contribution in [0.5, 0.6) is 0 Å². The van der Waals surface area contributed by atoms with E-state index >= 15 is 0 Å². The molecular formula is C14H14N4OS. The van der Waals surface area contributed by atoms with Gasteiger partial charge >= 0.3 is 0 Å². The molecule has 0 amide bonds. The Balaban J connectivity index is 2.45. The summed E-state index contributed by atoms with van der Waals surface area (Å²) < 4.78 is 1.61. The Kier molecular flexibility index (Phi) is 3.11. The standard InChI is InChI=1S/C14H14N4OS/c1-8-7-20-14-17-12(9(2)15)11(13(19)18(8)14)10-5-3-4-6-16-10/h3-7,9H,15H2,1-2H3. The Labute approximate surface area is 119 Å². The zero-order valence-corrected chi connectivity index (χ0v) is 12.0. The van der Waals surface area contributed by atoms with Gasteiger partial charge in [-0.2, -0.15) is 0 Å². The van der Waals surface area contributed by atoms with Gasteiger partial charge in [0.15, 0.2) is 4.96 Å². The topological polar surface area (TPSA) is 73.3 Å². The lowest BCUT2D eigenvalue weighted by atomic mass is 10.1. The van der Waals surface area contributed by atoms with E-state index in [0.29, 0.717) is 21.9 Å². The van der Waals surface area contributed by atoms with Crippen molar-refractivity contribution in [3.63, 3.8) is 0 Å². The summed E-state index contributed by atoms with van der Waals surface area (Å²) in [4.78, 5) is 22.3. The molecule has 0 fully saturated rings. The number of fused-ring (bicyclic) bond motifs is 1. The minimum Gasteiger partial charge on any atom is -0.323 e. The van der Waals surface area contributed by atoms with Crippen LogP contribution in [-0.2, 0) is 0 Å². The van der Waals surface area contributed by atoms with Crippen LogP contribution in [0.1, 0.15) is 24.4 Å². The highest BCUT2D eigenvalue weighted by molar-refractivity contribution is 7.15. The lowest BCUT2D eigenvalue weighted by Crippen LogP contribution is -2.23. The van der Waals surface area contributed by atoms with Crippen LogP contribution < -0.4 is 11.3 Å². The predicted octanol–water partition coefficient (Wildman–Crippen LogP) is 2.15. The van der Waals surface area contributed by atoms with E-state index in [1.165, 1.54) is 11.3 Å². The van der Waals surface area contributed by atoms with Crippen LogP contribution in [0.15, 0.2) is 34.6 Å². The number of thiazole rings is 1. The molecule has 5 nitrogen and oxygen atoms in total. The lowest BCUT2D eigenvalue weighted by molar-refractivity contribution is 0.777. The van der Waals surface area contributed by atoms with E-state index < -0.39 is 0 Å². The van der Waals surface area contributed by atoms with Crippen LogP contribution >= 0.6 is 11.3 Å². The summed E-state index contributed by atoms with van der Waals surface area (Å²) >= 11 is 1.44. The third-order valence-electron chi connectivity index (χ3n) is 3.12. The monoisotopic (exact) mass is 286 g/mol. The number of aromatic nitrogens is 3. The number of nitrogens with two attached hydrogens (primary N) is 1. The second kappa shape index (κ2) is 4.81. The van der Waals surface area contributed by atoms with Crippen molar-refractivity contribution >= 4 is 16.3 Å².